The molecule has 0 spiro atoms. The third-order valence-electron chi connectivity index (χ3n) is 5.82. The number of pyridine rings is 1. The Hall–Kier alpha value is -4.11. The third-order valence-corrected chi connectivity index (χ3v) is 6.13. The fraction of sp³-hybridized carbons (Fsp3) is 0.259. The number of rotatable bonds is 4. The van der Waals surface area contributed by atoms with Gasteiger partial charge in [-0.05, 0) is 51.5 Å². The van der Waals surface area contributed by atoms with Crippen LogP contribution < -0.4 is 5.32 Å². The monoisotopic (exact) mass is 517 g/mol. The van der Waals surface area contributed by atoms with E-state index in [-0.39, 0.29) is 0 Å². The van der Waals surface area contributed by atoms with Crippen LogP contribution in [0.1, 0.15) is 26.5 Å². The molecular formula is C27H28ClN7O2. The van der Waals surface area contributed by atoms with Crippen molar-refractivity contribution in [3.05, 3.63) is 65.8 Å². The molecule has 5 aromatic rings. The maximum atomic E-state index is 13.3. The molecule has 5 rings (SSSR count). The van der Waals surface area contributed by atoms with Gasteiger partial charge in [-0.25, -0.2) is 14.3 Å². The molecule has 37 heavy (non-hydrogen) atoms. The maximum absolute atomic E-state index is 13.3. The number of halogens is 1. The van der Waals surface area contributed by atoms with Crippen LogP contribution in [-0.4, -0.2) is 40.8 Å². The van der Waals surface area contributed by atoms with Crippen molar-refractivity contribution >= 4 is 40.1 Å². The third kappa shape index (κ3) is 4.95. The van der Waals surface area contributed by atoms with E-state index >= 15 is 0 Å². The lowest BCUT2D eigenvalue weighted by Crippen LogP contribution is -2.27. The highest BCUT2D eigenvalue weighted by molar-refractivity contribution is 6.33. The quantitative estimate of drug-likeness (QED) is 0.299. The van der Waals surface area contributed by atoms with Crippen LogP contribution in [0, 0.1) is 6.92 Å². The highest BCUT2D eigenvalue weighted by atomic mass is 35.5. The minimum atomic E-state index is -0.657. The van der Waals surface area contributed by atoms with Crippen LogP contribution in [0.2, 0.25) is 5.02 Å². The average Bonchev–Trinajstić information content (AvgIpc) is 3.49. The molecule has 0 aliphatic rings. The summed E-state index contributed by atoms with van der Waals surface area (Å²) in [6.45, 7) is 7.49. The molecule has 0 saturated heterocycles. The van der Waals surface area contributed by atoms with Crippen LogP contribution in [0.25, 0.3) is 33.3 Å². The minimum Gasteiger partial charge on any atom is -0.443 e. The highest BCUT2D eigenvalue weighted by Crippen LogP contribution is 2.34. The average molecular weight is 518 g/mol. The second-order valence-electron chi connectivity index (χ2n) is 10.00. The van der Waals surface area contributed by atoms with E-state index in [2.05, 4.69) is 20.5 Å². The number of aryl methyl sites for hydroxylation is 3. The number of hydrogen-bond donors (Lipinski definition) is 1. The molecule has 1 N–H and O–H groups in total. The van der Waals surface area contributed by atoms with Gasteiger partial charge in [-0.15, -0.1) is 0 Å². The Morgan fingerprint density at radius 1 is 1.03 bits per heavy atom. The van der Waals surface area contributed by atoms with Crippen LogP contribution >= 0.6 is 11.6 Å². The SMILES string of the molecule is Cc1nn(C)cc1-c1ccc(Nc2cc3c(cn2)cc(-c2cnn(C)c2)n3C(=O)OC(C)(C)C)c(Cl)c1. The van der Waals surface area contributed by atoms with Crippen LogP contribution in [-0.2, 0) is 18.8 Å². The van der Waals surface area contributed by atoms with E-state index < -0.39 is 11.7 Å². The molecule has 1 aromatic carbocycles. The number of anilines is 2. The van der Waals surface area contributed by atoms with E-state index in [1.54, 1.807) is 26.3 Å². The van der Waals surface area contributed by atoms with Crippen molar-refractivity contribution in [2.45, 2.75) is 33.3 Å². The molecule has 0 amide bonds. The standard InChI is InChI=1S/C27H28ClN7O2/c1-16-20(15-34(6)32-16)17-7-8-22(21(28)9-17)31-25-11-24-18(12-29-25)10-23(19-13-30-33(5)14-19)35(24)26(36)37-27(2,3)4/h7-15H,1-6H3,(H,29,31). The molecule has 0 aliphatic carbocycles. The predicted molar refractivity (Wildman–Crippen MR) is 145 cm³/mol. The molecule has 10 heteroatoms. The molecule has 4 heterocycles. The highest BCUT2D eigenvalue weighted by Gasteiger charge is 2.24. The molecule has 0 fully saturated rings. The second kappa shape index (κ2) is 9.08. The van der Waals surface area contributed by atoms with Gasteiger partial charge >= 0.3 is 6.09 Å². The summed E-state index contributed by atoms with van der Waals surface area (Å²) < 4.78 is 10.8. The molecule has 0 bridgehead atoms. The van der Waals surface area contributed by atoms with Gasteiger partial charge in [-0.1, -0.05) is 17.7 Å². The van der Waals surface area contributed by atoms with E-state index in [4.69, 9.17) is 16.3 Å². The van der Waals surface area contributed by atoms with E-state index in [9.17, 15) is 4.79 Å². The van der Waals surface area contributed by atoms with Crippen molar-refractivity contribution in [2.75, 3.05) is 5.32 Å². The Morgan fingerprint density at radius 2 is 1.81 bits per heavy atom. The van der Waals surface area contributed by atoms with E-state index in [0.29, 0.717) is 27.7 Å². The molecule has 0 radical (unpaired) electrons. The topological polar surface area (TPSA) is 91.8 Å². The van der Waals surface area contributed by atoms with Crippen molar-refractivity contribution < 1.29 is 9.53 Å². The summed E-state index contributed by atoms with van der Waals surface area (Å²) in [5.41, 5.74) is 5.09. The largest absolute Gasteiger partial charge is 0.443 e. The van der Waals surface area contributed by atoms with E-state index in [1.165, 1.54) is 0 Å². The van der Waals surface area contributed by atoms with Crippen molar-refractivity contribution in [1.82, 2.24) is 29.1 Å². The number of benzene rings is 1. The molecule has 4 aromatic heterocycles. The number of carbonyl (C=O) groups is 1. The first kappa shape index (κ1) is 24.6. The zero-order valence-corrected chi connectivity index (χ0v) is 22.3. The number of aromatic nitrogens is 6. The lowest BCUT2D eigenvalue weighted by atomic mass is 10.1. The molecule has 0 aliphatic heterocycles. The fourth-order valence-corrected chi connectivity index (χ4v) is 4.47. The zero-order valence-electron chi connectivity index (χ0n) is 21.6. The normalized spacial score (nSPS) is 11.8. The Balaban J connectivity index is 1.53. The maximum Gasteiger partial charge on any atom is 0.419 e. The van der Waals surface area contributed by atoms with Crippen molar-refractivity contribution in [3.63, 3.8) is 0 Å². The summed E-state index contributed by atoms with van der Waals surface area (Å²) in [5, 5.41) is 13.3. The summed E-state index contributed by atoms with van der Waals surface area (Å²) in [4.78, 5) is 17.9. The number of nitrogens with zero attached hydrogens (tertiary/aromatic N) is 6. The zero-order chi connectivity index (χ0) is 26.5. The lowest BCUT2D eigenvalue weighted by molar-refractivity contribution is 0.0547. The molecule has 190 valence electrons. The number of ether oxygens (including phenoxy) is 1. The molecule has 0 unspecified atom stereocenters. The van der Waals surface area contributed by atoms with Crippen LogP contribution in [0.15, 0.2) is 55.1 Å². The smallest absolute Gasteiger partial charge is 0.419 e. The van der Waals surface area contributed by atoms with Gasteiger partial charge in [0, 0.05) is 55.3 Å². The summed E-state index contributed by atoms with van der Waals surface area (Å²) in [6, 6.07) is 9.51. The van der Waals surface area contributed by atoms with Gasteiger partial charge < -0.3 is 10.1 Å². The van der Waals surface area contributed by atoms with Gasteiger partial charge in [0.25, 0.3) is 0 Å². The summed E-state index contributed by atoms with van der Waals surface area (Å²) in [6.07, 6.45) is 6.78. The first-order valence-corrected chi connectivity index (χ1v) is 12.2. The lowest BCUT2D eigenvalue weighted by Gasteiger charge is -2.21. The Bertz CT molecular complexity index is 1640. The fourth-order valence-electron chi connectivity index (χ4n) is 4.25. The van der Waals surface area contributed by atoms with Crippen LogP contribution in [0.4, 0.5) is 16.3 Å². The summed E-state index contributed by atoms with van der Waals surface area (Å²) >= 11 is 6.64. The first-order chi connectivity index (χ1) is 17.5. The molecular weight excluding hydrogens is 490 g/mol. The Kier molecular flexibility index (Phi) is 6.03. The van der Waals surface area contributed by atoms with Gasteiger partial charge in [0.15, 0.2) is 0 Å². The predicted octanol–water partition coefficient (Wildman–Crippen LogP) is 6.33. The van der Waals surface area contributed by atoms with Gasteiger partial charge in [-0.3, -0.25) is 9.36 Å². The number of hydrogen-bond acceptors (Lipinski definition) is 6. The second-order valence-corrected chi connectivity index (χ2v) is 10.4. The van der Waals surface area contributed by atoms with Gasteiger partial charge in [0.05, 0.1) is 33.8 Å². The number of fused-ring (bicyclic) bond motifs is 1. The Labute approximate surface area is 219 Å². The van der Waals surface area contributed by atoms with Crippen molar-refractivity contribution in [2.24, 2.45) is 14.1 Å². The first-order valence-electron chi connectivity index (χ1n) is 11.8. The summed E-state index contributed by atoms with van der Waals surface area (Å²) in [5.74, 6) is 0.542. The van der Waals surface area contributed by atoms with Gasteiger partial charge in [0.2, 0.25) is 0 Å². The van der Waals surface area contributed by atoms with E-state index in [0.717, 1.165) is 27.8 Å². The van der Waals surface area contributed by atoms with Gasteiger partial charge in [-0.2, -0.15) is 10.2 Å². The van der Waals surface area contributed by atoms with Crippen LogP contribution in [0.5, 0.6) is 0 Å². The Morgan fingerprint density at radius 3 is 2.43 bits per heavy atom. The van der Waals surface area contributed by atoms with Crippen molar-refractivity contribution in [1.29, 1.82) is 0 Å². The summed E-state index contributed by atoms with van der Waals surface area (Å²) in [7, 11) is 3.72. The molecule has 9 nitrogen and oxygen atoms in total. The number of nitrogens with one attached hydrogen (secondary N) is 1. The van der Waals surface area contributed by atoms with Crippen LogP contribution in [0.3, 0.4) is 0 Å². The number of carbonyl (C=O) groups excluding carboxylic acids is 1. The molecule has 0 saturated carbocycles. The molecule has 0 atom stereocenters. The van der Waals surface area contributed by atoms with E-state index in [1.807, 2.05) is 84.5 Å². The minimum absolute atomic E-state index is 0.479. The van der Waals surface area contributed by atoms with Crippen molar-refractivity contribution in [3.8, 4) is 22.4 Å². The van der Waals surface area contributed by atoms with Gasteiger partial charge in [0.1, 0.15) is 11.4 Å².